The molecular formula is C14H21N. The molecule has 0 spiro atoms. The molecule has 0 heterocycles. The van der Waals surface area contributed by atoms with Gasteiger partial charge in [0, 0.05) is 18.2 Å². The number of benzene rings is 1. The fourth-order valence-electron chi connectivity index (χ4n) is 1.38. The summed E-state index contributed by atoms with van der Waals surface area (Å²) >= 11 is 0. The molecular weight excluding hydrogens is 182 g/mol. The van der Waals surface area contributed by atoms with Crippen molar-refractivity contribution in [2.75, 3.05) is 0 Å². The summed E-state index contributed by atoms with van der Waals surface area (Å²) in [7, 11) is 0. The Labute approximate surface area is 93.2 Å². The lowest BCUT2D eigenvalue weighted by molar-refractivity contribution is 0.458. The molecule has 1 atom stereocenters. The lowest BCUT2D eigenvalue weighted by Crippen LogP contribution is -2.30. The van der Waals surface area contributed by atoms with Crippen molar-refractivity contribution >= 4 is 0 Å². The van der Waals surface area contributed by atoms with Crippen LogP contribution in [0.5, 0.6) is 0 Å². The zero-order valence-corrected chi connectivity index (χ0v) is 9.96. The maximum Gasteiger partial charge on any atom is 0.0252 e. The van der Waals surface area contributed by atoms with Crippen molar-refractivity contribution in [1.82, 2.24) is 5.32 Å². The predicted molar refractivity (Wildman–Crippen MR) is 66.7 cm³/mol. The molecule has 0 bridgehead atoms. The SMILES string of the molecule is C=C(Cc1ccccc1)NC(C)C(C)C. The van der Waals surface area contributed by atoms with E-state index in [1.165, 1.54) is 5.56 Å². The van der Waals surface area contributed by atoms with Crippen molar-refractivity contribution in [3.63, 3.8) is 0 Å². The van der Waals surface area contributed by atoms with Crippen LogP contribution in [0, 0.1) is 5.92 Å². The van der Waals surface area contributed by atoms with Crippen molar-refractivity contribution in [3.05, 3.63) is 48.2 Å². The molecule has 15 heavy (non-hydrogen) atoms. The summed E-state index contributed by atoms with van der Waals surface area (Å²) in [5.74, 6) is 0.637. The van der Waals surface area contributed by atoms with Crippen LogP contribution in [0.4, 0.5) is 0 Å². The second kappa shape index (κ2) is 5.59. The third-order valence-corrected chi connectivity index (χ3v) is 2.69. The van der Waals surface area contributed by atoms with Gasteiger partial charge in [-0.25, -0.2) is 0 Å². The Kier molecular flexibility index (Phi) is 4.41. The first-order valence-corrected chi connectivity index (χ1v) is 5.58. The molecule has 1 aromatic carbocycles. The second-order valence-electron chi connectivity index (χ2n) is 4.44. The Morgan fingerprint density at radius 2 is 1.80 bits per heavy atom. The van der Waals surface area contributed by atoms with Gasteiger partial charge in [-0.05, 0) is 18.4 Å². The van der Waals surface area contributed by atoms with Gasteiger partial charge < -0.3 is 5.32 Å². The molecule has 0 saturated heterocycles. The van der Waals surface area contributed by atoms with Crippen LogP contribution in [-0.4, -0.2) is 6.04 Å². The molecule has 1 heteroatoms. The van der Waals surface area contributed by atoms with E-state index in [4.69, 9.17) is 0 Å². The van der Waals surface area contributed by atoms with Crippen LogP contribution in [0.3, 0.4) is 0 Å². The lowest BCUT2D eigenvalue weighted by atomic mass is 10.0. The van der Waals surface area contributed by atoms with E-state index in [1.54, 1.807) is 0 Å². The molecule has 1 nitrogen and oxygen atoms in total. The summed E-state index contributed by atoms with van der Waals surface area (Å²) in [6.07, 6.45) is 0.915. The van der Waals surface area contributed by atoms with E-state index in [2.05, 4.69) is 56.9 Å². The van der Waals surface area contributed by atoms with Crippen LogP contribution in [0.2, 0.25) is 0 Å². The van der Waals surface area contributed by atoms with Crippen LogP contribution < -0.4 is 5.32 Å². The fourth-order valence-corrected chi connectivity index (χ4v) is 1.38. The molecule has 0 fully saturated rings. The Balaban J connectivity index is 2.43. The van der Waals surface area contributed by atoms with Crippen LogP contribution in [-0.2, 0) is 6.42 Å². The molecule has 0 aliphatic heterocycles. The minimum Gasteiger partial charge on any atom is -0.386 e. The first-order chi connectivity index (χ1) is 7.09. The summed E-state index contributed by atoms with van der Waals surface area (Å²) in [5.41, 5.74) is 2.41. The molecule has 0 radical (unpaired) electrons. The third-order valence-electron chi connectivity index (χ3n) is 2.69. The summed E-state index contributed by atoms with van der Waals surface area (Å²) in [4.78, 5) is 0. The minimum atomic E-state index is 0.487. The molecule has 0 aromatic heterocycles. The van der Waals surface area contributed by atoms with Crippen LogP contribution in [0.1, 0.15) is 26.3 Å². The fraction of sp³-hybridized carbons (Fsp3) is 0.429. The molecule has 0 aliphatic carbocycles. The quantitative estimate of drug-likeness (QED) is 0.773. The Bertz CT molecular complexity index is 300. The normalized spacial score (nSPS) is 12.5. The van der Waals surface area contributed by atoms with E-state index < -0.39 is 0 Å². The zero-order valence-electron chi connectivity index (χ0n) is 9.96. The van der Waals surface area contributed by atoms with Crippen molar-refractivity contribution in [2.45, 2.75) is 33.2 Å². The van der Waals surface area contributed by atoms with Crippen molar-refractivity contribution in [2.24, 2.45) is 5.92 Å². The molecule has 1 unspecified atom stereocenters. The van der Waals surface area contributed by atoms with Gasteiger partial charge in [-0.1, -0.05) is 50.8 Å². The monoisotopic (exact) mass is 203 g/mol. The van der Waals surface area contributed by atoms with Gasteiger partial charge >= 0.3 is 0 Å². The zero-order chi connectivity index (χ0) is 11.3. The molecule has 0 aliphatic rings. The van der Waals surface area contributed by atoms with Gasteiger partial charge in [-0.15, -0.1) is 0 Å². The summed E-state index contributed by atoms with van der Waals surface area (Å²) in [6.45, 7) is 10.7. The Hall–Kier alpha value is -1.24. The highest BCUT2D eigenvalue weighted by Gasteiger charge is 2.06. The van der Waals surface area contributed by atoms with E-state index in [-0.39, 0.29) is 0 Å². The topological polar surface area (TPSA) is 12.0 Å². The maximum atomic E-state index is 4.06. The van der Waals surface area contributed by atoms with E-state index in [9.17, 15) is 0 Å². The van der Waals surface area contributed by atoms with Crippen LogP contribution >= 0.6 is 0 Å². The molecule has 0 saturated carbocycles. The van der Waals surface area contributed by atoms with E-state index in [1.807, 2.05) is 6.07 Å². The van der Waals surface area contributed by atoms with E-state index >= 15 is 0 Å². The number of nitrogens with one attached hydrogen (secondary N) is 1. The first kappa shape index (κ1) is 11.8. The number of allylic oxidation sites excluding steroid dienone is 1. The highest BCUT2D eigenvalue weighted by molar-refractivity contribution is 5.20. The number of rotatable bonds is 5. The highest BCUT2D eigenvalue weighted by atomic mass is 14.9. The maximum absolute atomic E-state index is 4.06. The van der Waals surface area contributed by atoms with Crippen molar-refractivity contribution in [1.29, 1.82) is 0 Å². The van der Waals surface area contributed by atoms with Gasteiger partial charge in [0.05, 0.1) is 0 Å². The highest BCUT2D eigenvalue weighted by Crippen LogP contribution is 2.07. The molecule has 1 rings (SSSR count). The van der Waals surface area contributed by atoms with Gasteiger partial charge in [0.1, 0.15) is 0 Å². The minimum absolute atomic E-state index is 0.487. The molecule has 1 N–H and O–H groups in total. The third kappa shape index (κ3) is 4.20. The molecule has 82 valence electrons. The van der Waals surface area contributed by atoms with E-state index in [0.29, 0.717) is 12.0 Å². The predicted octanol–water partition coefficient (Wildman–Crippen LogP) is 3.38. The smallest absolute Gasteiger partial charge is 0.0252 e. The molecule has 0 amide bonds. The number of hydrogen-bond donors (Lipinski definition) is 1. The van der Waals surface area contributed by atoms with Crippen molar-refractivity contribution < 1.29 is 0 Å². The van der Waals surface area contributed by atoms with Gasteiger partial charge in [0.2, 0.25) is 0 Å². The summed E-state index contributed by atoms with van der Waals surface area (Å²) < 4.78 is 0. The molecule has 1 aromatic rings. The number of hydrogen-bond acceptors (Lipinski definition) is 1. The second-order valence-corrected chi connectivity index (χ2v) is 4.44. The Morgan fingerprint density at radius 3 is 2.33 bits per heavy atom. The average molecular weight is 203 g/mol. The van der Waals surface area contributed by atoms with Gasteiger partial charge in [-0.2, -0.15) is 0 Å². The summed E-state index contributed by atoms with van der Waals surface area (Å²) in [6, 6.07) is 10.9. The van der Waals surface area contributed by atoms with Gasteiger partial charge in [-0.3, -0.25) is 0 Å². The van der Waals surface area contributed by atoms with E-state index in [0.717, 1.165) is 12.1 Å². The van der Waals surface area contributed by atoms with Gasteiger partial charge in [0.15, 0.2) is 0 Å². The average Bonchev–Trinajstić information content (AvgIpc) is 2.18. The largest absolute Gasteiger partial charge is 0.386 e. The van der Waals surface area contributed by atoms with Crippen molar-refractivity contribution in [3.8, 4) is 0 Å². The Morgan fingerprint density at radius 1 is 1.20 bits per heavy atom. The lowest BCUT2D eigenvalue weighted by Gasteiger charge is -2.20. The van der Waals surface area contributed by atoms with Gasteiger partial charge in [0.25, 0.3) is 0 Å². The first-order valence-electron chi connectivity index (χ1n) is 5.58. The van der Waals surface area contributed by atoms with Crippen LogP contribution in [0.25, 0.3) is 0 Å². The van der Waals surface area contributed by atoms with Crippen LogP contribution in [0.15, 0.2) is 42.6 Å². The summed E-state index contributed by atoms with van der Waals surface area (Å²) in [5, 5.41) is 3.43. The standard InChI is InChI=1S/C14H21N/c1-11(2)13(4)15-12(3)10-14-8-6-5-7-9-14/h5-9,11,13,15H,3,10H2,1-2,4H3.